The number of amides is 2. The number of nitrogens with two attached hydrogens (primary N) is 1. The van der Waals surface area contributed by atoms with Gasteiger partial charge in [-0.3, -0.25) is 4.21 Å². The zero-order valence-electron chi connectivity index (χ0n) is 12.2. The highest BCUT2D eigenvalue weighted by Gasteiger charge is 2.07. The van der Waals surface area contributed by atoms with E-state index in [1.54, 1.807) is 6.26 Å². The molecule has 0 aliphatic rings. The standard InChI is InChI=1S/C14H23N3O2S/c1-10(20(3)19)7-8-16-14(18)17-13-6-4-5-12(9-13)11(2)15/h4-6,9-11H,7-8,15H2,1-3H3,(H2,16,17,18). The van der Waals surface area contributed by atoms with Crippen LogP contribution in [-0.2, 0) is 10.8 Å². The highest BCUT2D eigenvalue weighted by molar-refractivity contribution is 7.84. The van der Waals surface area contributed by atoms with Gasteiger partial charge in [0.2, 0.25) is 0 Å². The van der Waals surface area contributed by atoms with Gasteiger partial charge in [-0.15, -0.1) is 0 Å². The summed E-state index contributed by atoms with van der Waals surface area (Å²) in [5.41, 5.74) is 7.48. The molecule has 0 fully saturated rings. The molecular weight excluding hydrogens is 274 g/mol. The summed E-state index contributed by atoms with van der Waals surface area (Å²) in [5.74, 6) is 0. The molecule has 4 N–H and O–H groups in total. The molecular formula is C14H23N3O2S. The second-order valence-corrected chi connectivity index (χ2v) is 6.69. The van der Waals surface area contributed by atoms with E-state index < -0.39 is 10.8 Å². The molecule has 3 unspecified atom stereocenters. The molecule has 0 spiro atoms. The van der Waals surface area contributed by atoms with E-state index in [0.29, 0.717) is 18.7 Å². The largest absolute Gasteiger partial charge is 0.338 e. The van der Waals surface area contributed by atoms with Crippen LogP contribution in [0.2, 0.25) is 0 Å². The number of nitrogens with one attached hydrogen (secondary N) is 2. The van der Waals surface area contributed by atoms with Crippen LogP contribution in [0, 0.1) is 0 Å². The number of hydrogen-bond acceptors (Lipinski definition) is 3. The van der Waals surface area contributed by atoms with Crippen molar-refractivity contribution >= 4 is 22.5 Å². The minimum absolute atomic E-state index is 0.0693. The van der Waals surface area contributed by atoms with Gasteiger partial charge in [-0.25, -0.2) is 4.79 Å². The molecule has 0 bridgehead atoms. The number of carbonyl (C=O) groups excluding carboxylic acids is 1. The summed E-state index contributed by atoms with van der Waals surface area (Å²) < 4.78 is 11.2. The van der Waals surface area contributed by atoms with Crippen LogP contribution in [0.3, 0.4) is 0 Å². The lowest BCUT2D eigenvalue weighted by molar-refractivity contribution is 0.252. The van der Waals surface area contributed by atoms with Gasteiger partial charge in [-0.05, 0) is 31.0 Å². The highest BCUT2D eigenvalue weighted by atomic mass is 32.2. The van der Waals surface area contributed by atoms with E-state index in [1.807, 2.05) is 38.1 Å². The SMILES string of the molecule is CC(N)c1cccc(NC(=O)NCCC(C)S(C)=O)c1. The Hall–Kier alpha value is -1.40. The first-order valence-electron chi connectivity index (χ1n) is 6.62. The van der Waals surface area contributed by atoms with Gasteiger partial charge in [-0.1, -0.05) is 19.1 Å². The Balaban J connectivity index is 2.42. The van der Waals surface area contributed by atoms with Gasteiger partial charge in [0.15, 0.2) is 0 Å². The predicted molar refractivity (Wildman–Crippen MR) is 84.2 cm³/mol. The van der Waals surface area contributed by atoms with E-state index in [4.69, 9.17) is 5.73 Å². The molecule has 0 saturated heterocycles. The summed E-state index contributed by atoms with van der Waals surface area (Å²) in [6.07, 6.45) is 2.36. The Kier molecular flexibility index (Phi) is 6.67. The summed E-state index contributed by atoms with van der Waals surface area (Å²) in [6.45, 7) is 4.30. The lowest BCUT2D eigenvalue weighted by Gasteiger charge is -2.12. The van der Waals surface area contributed by atoms with Crippen molar-refractivity contribution in [3.63, 3.8) is 0 Å². The fourth-order valence-electron chi connectivity index (χ4n) is 1.63. The topological polar surface area (TPSA) is 84.2 Å². The molecule has 0 heterocycles. The molecule has 6 heteroatoms. The number of hydrogen-bond donors (Lipinski definition) is 3. The lowest BCUT2D eigenvalue weighted by Crippen LogP contribution is -2.31. The first kappa shape index (κ1) is 16.7. The van der Waals surface area contributed by atoms with Crippen LogP contribution in [0.25, 0.3) is 0 Å². The Morgan fingerprint density at radius 2 is 2.10 bits per heavy atom. The van der Waals surface area contributed by atoms with Gasteiger partial charge in [-0.2, -0.15) is 0 Å². The first-order chi connectivity index (χ1) is 9.40. The predicted octanol–water partition coefficient (Wildman–Crippen LogP) is 1.98. The third-order valence-electron chi connectivity index (χ3n) is 3.07. The molecule has 1 rings (SSSR count). The molecule has 3 atom stereocenters. The van der Waals surface area contributed by atoms with Gasteiger partial charge in [0.1, 0.15) is 0 Å². The van der Waals surface area contributed by atoms with Crippen LogP contribution in [0.1, 0.15) is 31.9 Å². The Morgan fingerprint density at radius 3 is 2.70 bits per heavy atom. The van der Waals surface area contributed by atoms with Gasteiger partial charge >= 0.3 is 6.03 Å². The van der Waals surface area contributed by atoms with E-state index in [9.17, 15) is 9.00 Å². The van der Waals surface area contributed by atoms with Crippen molar-refractivity contribution in [2.24, 2.45) is 5.73 Å². The maximum Gasteiger partial charge on any atom is 0.319 e. The van der Waals surface area contributed by atoms with Crippen molar-refractivity contribution in [3.8, 4) is 0 Å². The average molecular weight is 297 g/mol. The quantitative estimate of drug-likeness (QED) is 0.750. The summed E-state index contributed by atoms with van der Waals surface area (Å²) >= 11 is 0. The summed E-state index contributed by atoms with van der Waals surface area (Å²) in [6, 6.07) is 7.12. The highest BCUT2D eigenvalue weighted by Crippen LogP contribution is 2.15. The maximum atomic E-state index is 11.7. The molecule has 2 amide bonds. The minimum Gasteiger partial charge on any atom is -0.338 e. The van der Waals surface area contributed by atoms with E-state index >= 15 is 0 Å². The number of benzene rings is 1. The van der Waals surface area contributed by atoms with Crippen LogP contribution in [0.4, 0.5) is 10.5 Å². The van der Waals surface area contributed by atoms with Gasteiger partial charge in [0.05, 0.1) is 0 Å². The van der Waals surface area contributed by atoms with E-state index in [1.165, 1.54) is 0 Å². The maximum absolute atomic E-state index is 11.7. The van der Waals surface area contributed by atoms with Crippen molar-refractivity contribution in [2.45, 2.75) is 31.6 Å². The van der Waals surface area contributed by atoms with Crippen molar-refractivity contribution in [1.82, 2.24) is 5.32 Å². The molecule has 0 aromatic heterocycles. The molecule has 1 aromatic carbocycles. The Labute approximate surface area is 122 Å². The summed E-state index contributed by atoms with van der Waals surface area (Å²) in [4.78, 5) is 11.7. The Bertz CT molecular complexity index is 477. The van der Waals surface area contributed by atoms with Crippen LogP contribution in [0.15, 0.2) is 24.3 Å². The normalized spacial score (nSPS) is 15.2. The fraction of sp³-hybridized carbons (Fsp3) is 0.500. The number of carbonyl (C=O) groups is 1. The fourth-order valence-corrected chi connectivity index (χ4v) is 2.08. The molecule has 5 nitrogen and oxygen atoms in total. The molecule has 112 valence electrons. The monoisotopic (exact) mass is 297 g/mol. The van der Waals surface area contributed by atoms with Gasteiger partial charge in [0, 0.05) is 40.6 Å². The van der Waals surface area contributed by atoms with Crippen LogP contribution >= 0.6 is 0 Å². The second kappa shape index (κ2) is 8.01. The van der Waals surface area contributed by atoms with Crippen molar-refractivity contribution in [2.75, 3.05) is 18.1 Å². The lowest BCUT2D eigenvalue weighted by atomic mass is 10.1. The molecule has 0 saturated carbocycles. The number of urea groups is 1. The third kappa shape index (κ3) is 5.71. The van der Waals surface area contributed by atoms with E-state index in [0.717, 1.165) is 5.56 Å². The second-order valence-electron chi connectivity index (χ2n) is 4.89. The summed E-state index contributed by atoms with van der Waals surface area (Å²) in [7, 11) is -0.857. The summed E-state index contributed by atoms with van der Waals surface area (Å²) in [5, 5.41) is 5.59. The first-order valence-corrected chi connectivity index (χ1v) is 8.25. The minimum atomic E-state index is -0.857. The average Bonchev–Trinajstić information content (AvgIpc) is 2.38. The molecule has 0 radical (unpaired) electrons. The molecule has 20 heavy (non-hydrogen) atoms. The zero-order chi connectivity index (χ0) is 15.1. The number of anilines is 1. The van der Waals surface area contributed by atoms with Crippen molar-refractivity contribution < 1.29 is 9.00 Å². The molecule has 1 aromatic rings. The molecule has 0 aliphatic heterocycles. The van der Waals surface area contributed by atoms with Crippen molar-refractivity contribution in [3.05, 3.63) is 29.8 Å². The molecule has 0 aliphatic carbocycles. The van der Waals surface area contributed by atoms with Crippen LogP contribution in [-0.4, -0.2) is 28.3 Å². The van der Waals surface area contributed by atoms with E-state index in [2.05, 4.69) is 10.6 Å². The van der Waals surface area contributed by atoms with Crippen molar-refractivity contribution in [1.29, 1.82) is 0 Å². The van der Waals surface area contributed by atoms with E-state index in [-0.39, 0.29) is 17.3 Å². The zero-order valence-corrected chi connectivity index (χ0v) is 13.0. The number of rotatable bonds is 6. The van der Waals surface area contributed by atoms with Crippen LogP contribution < -0.4 is 16.4 Å². The smallest absolute Gasteiger partial charge is 0.319 e. The van der Waals surface area contributed by atoms with Crippen LogP contribution in [0.5, 0.6) is 0 Å². The third-order valence-corrected chi connectivity index (χ3v) is 4.44. The Morgan fingerprint density at radius 1 is 1.40 bits per heavy atom. The van der Waals surface area contributed by atoms with Gasteiger partial charge < -0.3 is 16.4 Å². The van der Waals surface area contributed by atoms with Gasteiger partial charge in [0.25, 0.3) is 0 Å².